The largest absolute Gasteiger partial charge is 0.497 e. The molecule has 1 unspecified atom stereocenters. The molecule has 128 valence electrons. The molecule has 0 fully saturated rings. The fourth-order valence-corrected chi connectivity index (χ4v) is 2.52. The van der Waals surface area contributed by atoms with Gasteiger partial charge in [0, 0.05) is 12.5 Å². The molecule has 0 spiro atoms. The Hall–Kier alpha value is -2.33. The van der Waals surface area contributed by atoms with Gasteiger partial charge in [0.1, 0.15) is 5.75 Å². The molecule has 24 heavy (non-hydrogen) atoms. The van der Waals surface area contributed by atoms with Gasteiger partial charge in [0.05, 0.1) is 13.7 Å². The maximum atomic E-state index is 12.2. The summed E-state index contributed by atoms with van der Waals surface area (Å²) in [4.78, 5) is 12.2. The lowest BCUT2D eigenvalue weighted by Crippen LogP contribution is -2.31. The fraction of sp³-hybridized carbons (Fsp3) is 0.350. The number of amides is 1. The molecule has 0 saturated carbocycles. The number of carbonyl (C=O) groups is 1. The molecule has 4 heteroatoms. The SMILES string of the molecule is COc1ccc(CC(C)C(=O)NCCc2ccc(CO)cc2)cc1. The van der Waals surface area contributed by atoms with Crippen LogP contribution in [0.5, 0.6) is 5.75 Å². The van der Waals surface area contributed by atoms with Crippen LogP contribution in [0.3, 0.4) is 0 Å². The van der Waals surface area contributed by atoms with E-state index in [0.717, 1.165) is 28.9 Å². The van der Waals surface area contributed by atoms with Crippen molar-refractivity contribution in [3.8, 4) is 5.75 Å². The molecule has 1 atom stereocenters. The van der Waals surface area contributed by atoms with E-state index in [1.165, 1.54) is 0 Å². The molecule has 0 bridgehead atoms. The molecule has 2 N–H and O–H groups in total. The number of ether oxygens (including phenoxy) is 1. The van der Waals surface area contributed by atoms with Crippen molar-refractivity contribution in [2.45, 2.75) is 26.4 Å². The molecule has 4 nitrogen and oxygen atoms in total. The van der Waals surface area contributed by atoms with Crippen LogP contribution in [0.25, 0.3) is 0 Å². The first-order valence-electron chi connectivity index (χ1n) is 8.21. The van der Waals surface area contributed by atoms with Gasteiger partial charge in [-0.2, -0.15) is 0 Å². The zero-order valence-corrected chi connectivity index (χ0v) is 14.3. The normalized spacial score (nSPS) is 11.8. The van der Waals surface area contributed by atoms with Crippen molar-refractivity contribution in [1.29, 1.82) is 0 Å². The number of aliphatic hydroxyl groups is 1. The lowest BCUT2D eigenvalue weighted by Gasteiger charge is -2.13. The van der Waals surface area contributed by atoms with Crippen LogP contribution in [0.2, 0.25) is 0 Å². The molecule has 0 aliphatic carbocycles. The summed E-state index contributed by atoms with van der Waals surface area (Å²) < 4.78 is 5.14. The summed E-state index contributed by atoms with van der Waals surface area (Å²) in [5.41, 5.74) is 3.17. The van der Waals surface area contributed by atoms with Crippen LogP contribution in [0.15, 0.2) is 48.5 Å². The van der Waals surface area contributed by atoms with E-state index in [2.05, 4.69) is 5.32 Å². The smallest absolute Gasteiger partial charge is 0.223 e. The van der Waals surface area contributed by atoms with Crippen LogP contribution < -0.4 is 10.1 Å². The Morgan fingerprint density at radius 3 is 2.21 bits per heavy atom. The third-order valence-electron chi connectivity index (χ3n) is 4.07. The summed E-state index contributed by atoms with van der Waals surface area (Å²) >= 11 is 0. The Morgan fingerprint density at radius 2 is 1.62 bits per heavy atom. The quantitative estimate of drug-likeness (QED) is 0.784. The summed E-state index contributed by atoms with van der Waals surface area (Å²) in [7, 11) is 1.64. The van der Waals surface area contributed by atoms with Gasteiger partial charge in [-0.1, -0.05) is 43.3 Å². The maximum absolute atomic E-state index is 12.2. The number of aliphatic hydroxyl groups excluding tert-OH is 1. The number of carbonyl (C=O) groups excluding carboxylic acids is 1. The van der Waals surface area contributed by atoms with Gasteiger partial charge in [-0.25, -0.2) is 0 Å². The Bertz CT molecular complexity index is 635. The van der Waals surface area contributed by atoms with E-state index in [9.17, 15) is 4.79 Å². The monoisotopic (exact) mass is 327 g/mol. The molecular formula is C20H25NO3. The summed E-state index contributed by atoms with van der Waals surface area (Å²) in [5, 5.41) is 12.0. The first-order valence-corrected chi connectivity index (χ1v) is 8.21. The van der Waals surface area contributed by atoms with E-state index in [4.69, 9.17) is 9.84 Å². The number of rotatable bonds is 8. The average molecular weight is 327 g/mol. The Kier molecular flexibility index (Phi) is 6.82. The number of hydrogen-bond acceptors (Lipinski definition) is 3. The Balaban J connectivity index is 1.76. The predicted molar refractivity (Wildman–Crippen MR) is 94.9 cm³/mol. The van der Waals surface area contributed by atoms with Crippen LogP contribution in [-0.4, -0.2) is 24.7 Å². The number of nitrogens with one attached hydrogen (secondary N) is 1. The van der Waals surface area contributed by atoms with Gasteiger partial charge in [0.15, 0.2) is 0 Å². The van der Waals surface area contributed by atoms with Crippen molar-refractivity contribution >= 4 is 5.91 Å². The van der Waals surface area contributed by atoms with Gasteiger partial charge in [0.25, 0.3) is 0 Å². The second-order valence-corrected chi connectivity index (χ2v) is 5.97. The molecular weight excluding hydrogens is 302 g/mol. The minimum absolute atomic E-state index is 0.0554. The van der Waals surface area contributed by atoms with Crippen molar-refractivity contribution in [2.75, 3.05) is 13.7 Å². The first kappa shape index (κ1) is 18.0. The van der Waals surface area contributed by atoms with E-state index >= 15 is 0 Å². The molecule has 0 aliphatic heterocycles. The Morgan fingerprint density at radius 1 is 1.04 bits per heavy atom. The van der Waals surface area contributed by atoms with Crippen LogP contribution in [0.1, 0.15) is 23.6 Å². The van der Waals surface area contributed by atoms with E-state index in [-0.39, 0.29) is 18.4 Å². The molecule has 2 rings (SSSR count). The second kappa shape index (κ2) is 9.08. The van der Waals surface area contributed by atoms with Gasteiger partial charge < -0.3 is 15.2 Å². The zero-order valence-electron chi connectivity index (χ0n) is 14.3. The van der Waals surface area contributed by atoms with E-state index in [0.29, 0.717) is 13.0 Å². The highest BCUT2D eigenvalue weighted by Gasteiger charge is 2.13. The number of benzene rings is 2. The zero-order chi connectivity index (χ0) is 17.4. The molecule has 0 heterocycles. The lowest BCUT2D eigenvalue weighted by molar-refractivity contribution is -0.124. The molecule has 0 aromatic heterocycles. The highest BCUT2D eigenvalue weighted by molar-refractivity contribution is 5.78. The lowest BCUT2D eigenvalue weighted by atomic mass is 10.00. The summed E-state index contributed by atoms with van der Waals surface area (Å²) in [6.45, 7) is 2.61. The highest BCUT2D eigenvalue weighted by atomic mass is 16.5. The molecule has 0 radical (unpaired) electrons. The minimum atomic E-state index is -0.0739. The average Bonchev–Trinajstić information content (AvgIpc) is 2.62. The third kappa shape index (κ3) is 5.39. The van der Waals surface area contributed by atoms with E-state index in [1.807, 2.05) is 55.5 Å². The summed E-state index contributed by atoms with van der Waals surface area (Å²) in [6.07, 6.45) is 1.49. The topological polar surface area (TPSA) is 58.6 Å². The summed E-state index contributed by atoms with van der Waals surface area (Å²) in [6, 6.07) is 15.6. The van der Waals surface area contributed by atoms with Crippen molar-refractivity contribution in [3.05, 3.63) is 65.2 Å². The van der Waals surface area contributed by atoms with Gasteiger partial charge in [-0.05, 0) is 41.7 Å². The van der Waals surface area contributed by atoms with Crippen molar-refractivity contribution < 1.29 is 14.6 Å². The van der Waals surface area contributed by atoms with Crippen molar-refractivity contribution in [2.24, 2.45) is 5.92 Å². The van der Waals surface area contributed by atoms with E-state index in [1.54, 1.807) is 7.11 Å². The second-order valence-electron chi connectivity index (χ2n) is 5.97. The van der Waals surface area contributed by atoms with Gasteiger partial charge >= 0.3 is 0 Å². The van der Waals surface area contributed by atoms with Gasteiger partial charge in [0.2, 0.25) is 5.91 Å². The highest BCUT2D eigenvalue weighted by Crippen LogP contribution is 2.14. The number of hydrogen-bond donors (Lipinski definition) is 2. The molecule has 1 amide bonds. The van der Waals surface area contributed by atoms with Crippen LogP contribution in [0, 0.1) is 5.92 Å². The van der Waals surface area contributed by atoms with E-state index < -0.39 is 0 Å². The molecule has 0 aliphatic rings. The van der Waals surface area contributed by atoms with Crippen LogP contribution in [0.4, 0.5) is 0 Å². The third-order valence-corrected chi connectivity index (χ3v) is 4.07. The summed E-state index contributed by atoms with van der Waals surface area (Å²) in [5.74, 6) is 0.816. The predicted octanol–water partition coefficient (Wildman–Crippen LogP) is 2.73. The molecule has 2 aromatic carbocycles. The van der Waals surface area contributed by atoms with Gasteiger partial charge in [-0.3, -0.25) is 4.79 Å². The fourth-order valence-electron chi connectivity index (χ4n) is 2.52. The van der Waals surface area contributed by atoms with Crippen molar-refractivity contribution in [3.63, 3.8) is 0 Å². The maximum Gasteiger partial charge on any atom is 0.223 e. The molecule has 2 aromatic rings. The Labute approximate surface area is 143 Å². The minimum Gasteiger partial charge on any atom is -0.497 e. The standard InChI is InChI=1S/C20H25NO3/c1-15(13-17-7-9-19(24-2)10-8-17)20(23)21-12-11-16-3-5-18(14-22)6-4-16/h3-10,15,22H,11-14H2,1-2H3,(H,21,23). The van der Waals surface area contributed by atoms with Crippen molar-refractivity contribution in [1.82, 2.24) is 5.32 Å². The van der Waals surface area contributed by atoms with Gasteiger partial charge in [-0.15, -0.1) is 0 Å². The van der Waals surface area contributed by atoms with Crippen LogP contribution >= 0.6 is 0 Å². The van der Waals surface area contributed by atoms with Crippen LogP contribution in [-0.2, 0) is 24.2 Å². The molecule has 0 saturated heterocycles. The first-order chi connectivity index (χ1) is 11.6. The number of methoxy groups -OCH3 is 1.